The van der Waals surface area contributed by atoms with Gasteiger partial charge >= 0.3 is 5.97 Å². The average molecular weight is 355 g/mol. The monoisotopic (exact) mass is 355 g/mol. The zero-order valence-electron chi connectivity index (χ0n) is 15.5. The second-order valence-corrected chi connectivity index (χ2v) is 6.13. The summed E-state index contributed by atoms with van der Waals surface area (Å²) in [4.78, 5) is 24.3. The molecule has 26 heavy (non-hydrogen) atoms. The number of carbonyl (C=O) groups is 2. The van der Waals surface area contributed by atoms with E-state index in [1.54, 1.807) is 43.3 Å². The van der Waals surface area contributed by atoms with Crippen LogP contribution in [0.25, 0.3) is 0 Å². The van der Waals surface area contributed by atoms with Gasteiger partial charge in [-0.25, -0.2) is 4.79 Å². The number of amides is 1. The van der Waals surface area contributed by atoms with Crippen LogP contribution in [0.15, 0.2) is 48.5 Å². The minimum absolute atomic E-state index is 0.373. The first-order valence-electron chi connectivity index (χ1n) is 8.81. The van der Waals surface area contributed by atoms with Crippen LogP contribution in [-0.4, -0.2) is 24.6 Å². The Morgan fingerprint density at radius 2 is 1.69 bits per heavy atom. The normalized spacial score (nSPS) is 11.5. The third-order valence-electron chi connectivity index (χ3n) is 3.83. The van der Waals surface area contributed by atoms with Gasteiger partial charge in [0.25, 0.3) is 5.91 Å². The van der Waals surface area contributed by atoms with E-state index in [-0.39, 0.29) is 5.91 Å². The van der Waals surface area contributed by atoms with Crippen molar-refractivity contribution in [2.24, 2.45) is 0 Å². The lowest BCUT2D eigenvalue weighted by Crippen LogP contribution is -2.30. The Bertz CT molecular complexity index is 723. The molecule has 0 saturated carbocycles. The molecule has 2 rings (SSSR count). The van der Waals surface area contributed by atoms with E-state index in [2.05, 4.69) is 12.2 Å². The molecule has 1 atom stereocenters. The molecule has 0 fully saturated rings. The van der Waals surface area contributed by atoms with Crippen LogP contribution in [0, 0.1) is 6.92 Å². The zero-order valence-corrected chi connectivity index (χ0v) is 15.5. The molecule has 0 saturated heterocycles. The summed E-state index contributed by atoms with van der Waals surface area (Å²) in [6, 6.07) is 14.1. The topological polar surface area (TPSA) is 64.6 Å². The first-order chi connectivity index (χ1) is 12.5. The molecule has 0 spiro atoms. The summed E-state index contributed by atoms with van der Waals surface area (Å²) in [5, 5.41) is 2.73. The molecular formula is C21H25NO4. The number of carbonyl (C=O) groups excluding carboxylic acids is 2. The SMILES string of the molecule is CCCCOc1ccc(C(=O)O[C@@H](C)C(=O)Nc2ccc(C)cc2)cc1. The van der Waals surface area contributed by atoms with Crippen molar-refractivity contribution in [3.63, 3.8) is 0 Å². The minimum Gasteiger partial charge on any atom is -0.494 e. The lowest BCUT2D eigenvalue weighted by molar-refractivity contribution is -0.123. The Hall–Kier alpha value is -2.82. The molecule has 0 unspecified atom stereocenters. The van der Waals surface area contributed by atoms with Crippen molar-refractivity contribution in [3.8, 4) is 5.75 Å². The van der Waals surface area contributed by atoms with Gasteiger partial charge in [-0.2, -0.15) is 0 Å². The van der Waals surface area contributed by atoms with E-state index >= 15 is 0 Å². The Balaban J connectivity index is 1.87. The lowest BCUT2D eigenvalue weighted by atomic mass is 10.2. The Kier molecular flexibility index (Phi) is 7.21. The second kappa shape index (κ2) is 9.61. The zero-order chi connectivity index (χ0) is 18.9. The van der Waals surface area contributed by atoms with E-state index in [4.69, 9.17) is 9.47 Å². The molecule has 0 heterocycles. The summed E-state index contributed by atoms with van der Waals surface area (Å²) < 4.78 is 10.8. The molecule has 0 aliphatic heterocycles. The highest BCUT2D eigenvalue weighted by molar-refractivity contribution is 5.97. The van der Waals surface area contributed by atoms with Gasteiger partial charge in [0, 0.05) is 5.69 Å². The van der Waals surface area contributed by atoms with Crippen LogP contribution < -0.4 is 10.1 Å². The maximum absolute atomic E-state index is 12.2. The fourth-order valence-electron chi connectivity index (χ4n) is 2.18. The summed E-state index contributed by atoms with van der Waals surface area (Å²) in [5.41, 5.74) is 2.14. The maximum Gasteiger partial charge on any atom is 0.338 e. The second-order valence-electron chi connectivity index (χ2n) is 6.13. The minimum atomic E-state index is -0.899. The molecule has 138 valence electrons. The molecule has 0 aliphatic carbocycles. The van der Waals surface area contributed by atoms with Crippen molar-refractivity contribution in [3.05, 3.63) is 59.7 Å². The number of nitrogens with one attached hydrogen (secondary N) is 1. The molecule has 0 aliphatic rings. The van der Waals surface area contributed by atoms with Crippen LogP contribution >= 0.6 is 0 Å². The van der Waals surface area contributed by atoms with Gasteiger partial charge in [0.05, 0.1) is 12.2 Å². The average Bonchev–Trinajstić information content (AvgIpc) is 2.64. The predicted octanol–water partition coefficient (Wildman–Crippen LogP) is 4.36. The van der Waals surface area contributed by atoms with Crippen LogP contribution in [-0.2, 0) is 9.53 Å². The van der Waals surface area contributed by atoms with Gasteiger partial charge in [-0.1, -0.05) is 31.0 Å². The maximum atomic E-state index is 12.2. The molecule has 5 heteroatoms. The van der Waals surface area contributed by atoms with E-state index in [1.807, 2.05) is 19.1 Å². The van der Waals surface area contributed by atoms with Crippen LogP contribution in [0.4, 0.5) is 5.69 Å². The van der Waals surface area contributed by atoms with Crippen molar-refractivity contribution in [1.82, 2.24) is 0 Å². The summed E-state index contributed by atoms with van der Waals surface area (Å²) >= 11 is 0. The number of esters is 1. The number of hydrogen-bond acceptors (Lipinski definition) is 4. The van der Waals surface area contributed by atoms with Gasteiger partial charge in [-0.15, -0.1) is 0 Å². The van der Waals surface area contributed by atoms with E-state index in [1.165, 1.54) is 0 Å². The van der Waals surface area contributed by atoms with E-state index in [9.17, 15) is 9.59 Å². The van der Waals surface area contributed by atoms with Crippen LogP contribution in [0.1, 0.15) is 42.6 Å². The van der Waals surface area contributed by atoms with Gasteiger partial charge < -0.3 is 14.8 Å². The van der Waals surface area contributed by atoms with Crippen molar-refractivity contribution >= 4 is 17.6 Å². The number of anilines is 1. The largest absolute Gasteiger partial charge is 0.494 e. The summed E-state index contributed by atoms with van der Waals surface area (Å²) in [6.07, 6.45) is 1.15. The summed E-state index contributed by atoms with van der Waals surface area (Å²) in [7, 11) is 0. The molecule has 2 aromatic rings. The number of aryl methyl sites for hydroxylation is 1. The Labute approximate surface area is 154 Å². The molecule has 0 aromatic heterocycles. The van der Waals surface area contributed by atoms with Gasteiger partial charge in [0.1, 0.15) is 5.75 Å². The van der Waals surface area contributed by atoms with E-state index in [0.717, 1.165) is 18.4 Å². The number of rotatable bonds is 8. The molecular weight excluding hydrogens is 330 g/mol. The lowest BCUT2D eigenvalue weighted by Gasteiger charge is -2.14. The third kappa shape index (κ3) is 5.92. The first-order valence-corrected chi connectivity index (χ1v) is 8.81. The van der Waals surface area contributed by atoms with Gasteiger partial charge in [0.15, 0.2) is 6.10 Å². The highest BCUT2D eigenvalue weighted by atomic mass is 16.5. The Morgan fingerprint density at radius 3 is 2.31 bits per heavy atom. The third-order valence-corrected chi connectivity index (χ3v) is 3.83. The van der Waals surface area contributed by atoms with Crippen molar-refractivity contribution in [1.29, 1.82) is 0 Å². The van der Waals surface area contributed by atoms with Gasteiger partial charge in [-0.05, 0) is 56.7 Å². The highest BCUT2D eigenvalue weighted by Gasteiger charge is 2.19. The smallest absolute Gasteiger partial charge is 0.338 e. The van der Waals surface area contributed by atoms with Crippen LogP contribution in [0.5, 0.6) is 5.75 Å². The van der Waals surface area contributed by atoms with Crippen molar-refractivity contribution in [2.45, 2.75) is 39.7 Å². The molecule has 5 nitrogen and oxygen atoms in total. The van der Waals surface area contributed by atoms with Crippen molar-refractivity contribution < 1.29 is 19.1 Å². The van der Waals surface area contributed by atoms with Crippen molar-refractivity contribution in [2.75, 3.05) is 11.9 Å². The van der Waals surface area contributed by atoms with E-state index in [0.29, 0.717) is 23.6 Å². The summed E-state index contributed by atoms with van der Waals surface area (Å²) in [5.74, 6) is -0.210. The fourth-order valence-corrected chi connectivity index (χ4v) is 2.18. The van der Waals surface area contributed by atoms with Gasteiger partial charge in [0.2, 0.25) is 0 Å². The summed E-state index contributed by atoms with van der Waals surface area (Å²) in [6.45, 7) is 6.26. The van der Waals surface area contributed by atoms with Crippen LogP contribution in [0.3, 0.4) is 0 Å². The number of unbranched alkanes of at least 4 members (excludes halogenated alkanes) is 1. The van der Waals surface area contributed by atoms with Crippen LogP contribution in [0.2, 0.25) is 0 Å². The Morgan fingerprint density at radius 1 is 1.04 bits per heavy atom. The fraction of sp³-hybridized carbons (Fsp3) is 0.333. The molecule has 1 N–H and O–H groups in total. The standard InChI is InChI=1S/C21H25NO4/c1-4-5-14-25-19-12-8-17(9-13-19)21(24)26-16(3)20(23)22-18-10-6-15(2)7-11-18/h6-13,16H,4-5,14H2,1-3H3,(H,22,23)/t16-/m0/s1. The molecule has 1 amide bonds. The highest BCUT2D eigenvalue weighted by Crippen LogP contribution is 2.15. The quantitative estimate of drug-likeness (QED) is 0.564. The predicted molar refractivity (Wildman–Crippen MR) is 102 cm³/mol. The molecule has 0 radical (unpaired) electrons. The first kappa shape index (κ1) is 19.5. The molecule has 0 bridgehead atoms. The number of benzene rings is 2. The number of hydrogen-bond donors (Lipinski definition) is 1. The van der Waals surface area contributed by atoms with Gasteiger partial charge in [-0.3, -0.25) is 4.79 Å². The number of ether oxygens (including phenoxy) is 2. The van der Waals surface area contributed by atoms with E-state index < -0.39 is 12.1 Å². The molecule has 2 aromatic carbocycles.